The molecule has 1 rings (SSSR count). The fourth-order valence-corrected chi connectivity index (χ4v) is 2.05. The van der Waals surface area contributed by atoms with Crippen LogP contribution in [0.4, 0.5) is 0 Å². The lowest BCUT2D eigenvalue weighted by molar-refractivity contribution is 0.450. The van der Waals surface area contributed by atoms with Crippen LogP contribution >= 0.6 is 15.9 Å². The van der Waals surface area contributed by atoms with Crippen molar-refractivity contribution in [3.05, 3.63) is 28.2 Å². The summed E-state index contributed by atoms with van der Waals surface area (Å²) in [5.41, 5.74) is 0.950. The maximum Gasteiger partial charge on any atom is 0.120 e. The zero-order valence-electron chi connectivity index (χ0n) is 9.96. The molecule has 1 unspecified atom stereocenters. The van der Waals surface area contributed by atoms with Crippen molar-refractivity contribution in [2.45, 2.75) is 39.2 Å². The first-order valence-electron chi connectivity index (χ1n) is 5.87. The van der Waals surface area contributed by atoms with Crippen molar-refractivity contribution < 1.29 is 5.11 Å². The fraction of sp³-hybridized carbons (Fsp3) is 0.538. The molecule has 0 fully saturated rings. The summed E-state index contributed by atoms with van der Waals surface area (Å²) in [6.07, 6.45) is 3.68. The van der Waals surface area contributed by atoms with Gasteiger partial charge in [0.15, 0.2) is 0 Å². The van der Waals surface area contributed by atoms with Crippen LogP contribution in [0.3, 0.4) is 0 Å². The number of benzene rings is 1. The lowest BCUT2D eigenvalue weighted by atomic mass is 10.1. The monoisotopic (exact) mass is 285 g/mol. The Morgan fingerprint density at radius 1 is 1.38 bits per heavy atom. The molecule has 2 N–H and O–H groups in total. The van der Waals surface area contributed by atoms with Gasteiger partial charge >= 0.3 is 0 Å². The Bertz CT molecular complexity index is 328. The number of hydrogen-bond acceptors (Lipinski definition) is 2. The molecular formula is C13H20BrNO. The second kappa shape index (κ2) is 6.92. The molecule has 2 nitrogen and oxygen atoms in total. The second-order valence-corrected chi connectivity index (χ2v) is 5.00. The van der Waals surface area contributed by atoms with E-state index in [2.05, 4.69) is 35.1 Å². The minimum atomic E-state index is 0.189. The van der Waals surface area contributed by atoms with Gasteiger partial charge in [0, 0.05) is 16.1 Å². The number of phenolic OH excluding ortho intramolecular Hbond substituents is 1. The number of unbranched alkanes of at least 4 members (excludes halogenated alkanes) is 2. The van der Waals surface area contributed by atoms with Crippen molar-refractivity contribution in [1.29, 1.82) is 0 Å². The van der Waals surface area contributed by atoms with E-state index >= 15 is 0 Å². The van der Waals surface area contributed by atoms with Gasteiger partial charge in [0.1, 0.15) is 5.75 Å². The normalized spacial score (nSPS) is 12.7. The van der Waals surface area contributed by atoms with Crippen LogP contribution in [0.5, 0.6) is 5.75 Å². The van der Waals surface area contributed by atoms with E-state index in [1.54, 1.807) is 6.07 Å². The molecule has 0 aliphatic carbocycles. The molecule has 3 heteroatoms. The zero-order chi connectivity index (χ0) is 12.0. The molecule has 1 atom stereocenters. The largest absolute Gasteiger partial charge is 0.508 e. The summed E-state index contributed by atoms with van der Waals surface area (Å²) < 4.78 is 1.00. The van der Waals surface area contributed by atoms with Crippen LogP contribution < -0.4 is 5.32 Å². The van der Waals surface area contributed by atoms with Crippen LogP contribution in [-0.4, -0.2) is 11.7 Å². The van der Waals surface area contributed by atoms with Gasteiger partial charge in [0.2, 0.25) is 0 Å². The Morgan fingerprint density at radius 2 is 2.12 bits per heavy atom. The number of rotatable bonds is 6. The number of nitrogens with one attached hydrogen (secondary N) is 1. The highest BCUT2D eigenvalue weighted by Gasteiger charge is 2.09. The van der Waals surface area contributed by atoms with Crippen LogP contribution in [0.15, 0.2) is 22.7 Å². The van der Waals surface area contributed by atoms with Crippen LogP contribution in [0.25, 0.3) is 0 Å². The summed E-state index contributed by atoms with van der Waals surface area (Å²) in [5, 5.41) is 13.2. The highest BCUT2D eigenvalue weighted by molar-refractivity contribution is 9.10. The number of halogens is 1. The lowest BCUT2D eigenvalue weighted by Gasteiger charge is -2.15. The predicted molar refractivity (Wildman–Crippen MR) is 71.7 cm³/mol. The average Bonchev–Trinajstić information content (AvgIpc) is 2.27. The van der Waals surface area contributed by atoms with Gasteiger partial charge in [-0.2, -0.15) is 0 Å². The molecule has 0 saturated carbocycles. The molecule has 0 heterocycles. The smallest absolute Gasteiger partial charge is 0.120 e. The van der Waals surface area contributed by atoms with E-state index in [9.17, 15) is 5.11 Å². The van der Waals surface area contributed by atoms with Crippen molar-refractivity contribution in [2.75, 3.05) is 6.54 Å². The first-order valence-corrected chi connectivity index (χ1v) is 6.66. The molecule has 0 saturated heterocycles. The molecule has 0 aliphatic heterocycles. The molecule has 90 valence electrons. The molecule has 1 aromatic rings. The maximum absolute atomic E-state index is 9.75. The molecule has 0 amide bonds. The van der Waals surface area contributed by atoms with E-state index in [1.807, 2.05) is 12.1 Å². The minimum Gasteiger partial charge on any atom is -0.508 e. The summed E-state index contributed by atoms with van der Waals surface area (Å²) in [6, 6.07) is 5.73. The van der Waals surface area contributed by atoms with E-state index in [0.717, 1.165) is 16.6 Å². The molecule has 0 aliphatic rings. The van der Waals surface area contributed by atoms with Gasteiger partial charge in [0.05, 0.1) is 0 Å². The van der Waals surface area contributed by atoms with E-state index in [0.29, 0.717) is 5.75 Å². The molecule has 0 spiro atoms. The molecule has 16 heavy (non-hydrogen) atoms. The number of hydrogen-bond donors (Lipinski definition) is 2. The standard InChI is InChI=1S/C13H20BrNO/c1-3-4-5-8-15-10(2)12-9-11(14)6-7-13(12)16/h6-7,9-10,15-16H,3-5,8H2,1-2H3. The van der Waals surface area contributed by atoms with Gasteiger partial charge in [-0.1, -0.05) is 35.7 Å². The third-order valence-corrected chi connectivity index (χ3v) is 3.18. The Balaban J connectivity index is 2.51. The minimum absolute atomic E-state index is 0.189. The summed E-state index contributed by atoms with van der Waals surface area (Å²) >= 11 is 3.42. The molecule has 1 aromatic carbocycles. The molecule has 0 aromatic heterocycles. The number of aromatic hydroxyl groups is 1. The van der Waals surface area contributed by atoms with Crippen LogP contribution in [0.1, 0.15) is 44.7 Å². The van der Waals surface area contributed by atoms with Crippen LogP contribution in [0.2, 0.25) is 0 Å². The highest BCUT2D eigenvalue weighted by Crippen LogP contribution is 2.27. The van der Waals surface area contributed by atoms with Crippen molar-refractivity contribution >= 4 is 15.9 Å². The van der Waals surface area contributed by atoms with Crippen LogP contribution in [-0.2, 0) is 0 Å². The molecule has 0 radical (unpaired) electrons. The second-order valence-electron chi connectivity index (χ2n) is 4.09. The fourth-order valence-electron chi connectivity index (χ4n) is 1.68. The van der Waals surface area contributed by atoms with E-state index in [-0.39, 0.29) is 6.04 Å². The SMILES string of the molecule is CCCCCNC(C)c1cc(Br)ccc1O. The van der Waals surface area contributed by atoms with Crippen molar-refractivity contribution in [3.8, 4) is 5.75 Å². The summed E-state index contributed by atoms with van der Waals surface area (Å²) in [4.78, 5) is 0. The van der Waals surface area contributed by atoms with Crippen LogP contribution in [0, 0.1) is 0 Å². The predicted octanol–water partition coefficient (Wildman–Crippen LogP) is 4.00. The first-order chi connectivity index (χ1) is 7.65. The lowest BCUT2D eigenvalue weighted by Crippen LogP contribution is -2.19. The highest BCUT2D eigenvalue weighted by atomic mass is 79.9. The topological polar surface area (TPSA) is 32.3 Å². The van der Waals surface area contributed by atoms with Crippen molar-refractivity contribution in [2.24, 2.45) is 0 Å². The van der Waals surface area contributed by atoms with Crippen molar-refractivity contribution in [1.82, 2.24) is 5.32 Å². The van der Waals surface area contributed by atoms with Gasteiger partial charge in [-0.25, -0.2) is 0 Å². The third kappa shape index (κ3) is 4.14. The van der Waals surface area contributed by atoms with E-state index in [4.69, 9.17) is 0 Å². The quantitative estimate of drug-likeness (QED) is 0.775. The van der Waals surface area contributed by atoms with Gasteiger partial charge in [-0.3, -0.25) is 0 Å². The zero-order valence-corrected chi connectivity index (χ0v) is 11.5. The Hall–Kier alpha value is -0.540. The Morgan fingerprint density at radius 3 is 2.81 bits per heavy atom. The summed E-state index contributed by atoms with van der Waals surface area (Å²) in [7, 11) is 0. The molecular weight excluding hydrogens is 266 g/mol. The van der Waals surface area contributed by atoms with Gasteiger partial charge < -0.3 is 10.4 Å². The maximum atomic E-state index is 9.75. The Labute approximate surface area is 106 Å². The van der Waals surface area contributed by atoms with Crippen molar-refractivity contribution in [3.63, 3.8) is 0 Å². The van der Waals surface area contributed by atoms with Gasteiger partial charge in [-0.15, -0.1) is 0 Å². The van der Waals surface area contributed by atoms with Gasteiger partial charge in [0.25, 0.3) is 0 Å². The third-order valence-electron chi connectivity index (χ3n) is 2.69. The average molecular weight is 286 g/mol. The first kappa shape index (κ1) is 13.5. The van der Waals surface area contributed by atoms with E-state index in [1.165, 1.54) is 19.3 Å². The summed E-state index contributed by atoms with van der Waals surface area (Å²) in [5.74, 6) is 0.360. The number of phenols is 1. The van der Waals surface area contributed by atoms with Gasteiger partial charge in [-0.05, 0) is 38.1 Å². The summed E-state index contributed by atoms with van der Waals surface area (Å²) in [6.45, 7) is 5.28. The Kier molecular flexibility index (Phi) is 5.85. The van der Waals surface area contributed by atoms with E-state index < -0.39 is 0 Å². The molecule has 0 bridgehead atoms.